The van der Waals surface area contributed by atoms with Crippen LogP contribution in [0.1, 0.15) is 5.56 Å². The predicted molar refractivity (Wildman–Crippen MR) is 134 cm³/mol. The van der Waals surface area contributed by atoms with E-state index in [0.29, 0.717) is 0 Å². The first-order chi connectivity index (χ1) is 18.8. The average molecular weight is 575 g/mol. The van der Waals surface area contributed by atoms with Crippen molar-refractivity contribution in [2.24, 2.45) is 5.73 Å². The number of nitrogens with one attached hydrogen (secondary N) is 1. The number of hydrogen-bond donors (Lipinski definition) is 7. The maximum Gasteiger partial charge on any atom is 0.454 e. The lowest BCUT2D eigenvalue weighted by Gasteiger charge is -2.21. The number of methoxy groups -OCH3 is 1. The number of rotatable bonds is 10. The number of pyridine rings is 2. The van der Waals surface area contributed by atoms with Gasteiger partial charge >= 0.3 is 6.16 Å². The van der Waals surface area contributed by atoms with Crippen molar-refractivity contribution in [3.05, 3.63) is 72.7 Å². The molecule has 0 aliphatic rings. The zero-order valence-corrected chi connectivity index (χ0v) is 21.2. The Morgan fingerprint density at radius 3 is 2.17 bits per heavy atom. The summed E-state index contributed by atoms with van der Waals surface area (Å²) >= 11 is 0. The monoisotopic (exact) mass is 574 g/mol. The van der Waals surface area contributed by atoms with E-state index >= 15 is 0 Å². The van der Waals surface area contributed by atoms with E-state index in [-0.39, 0.29) is 28.5 Å². The maximum absolute atomic E-state index is 13.3. The Labute approximate surface area is 226 Å². The van der Waals surface area contributed by atoms with Crippen LogP contribution in [0.4, 0.5) is 5.82 Å². The zero-order chi connectivity index (χ0) is 29.1. The van der Waals surface area contributed by atoms with Gasteiger partial charge in [-0.15, -0.1) is 0 Å². The fourth-order valence-corrected chi connectivity index (χ4v) is 4.11. The Hall–Kier alpha value is -4.49. The van der Waals surface area contributed by atoms with Crippen molar-refractivity contribution in [3.8, 4) is 34.5 Å². The van der Waals surface area contributed by atoms with E-state index in [1.165, 1.54) is 43.8 Å². The molecule has 3 aromatic heterocycles. The third kappa shape index (κ3) is 6.74. The Morgan fingerprint density at radius 2 is 1.60 bits per heavy atom. The van der Waals surface area contributed by atoms with Crippen LogP contribution in [0, 0.1) is 0 Å². The van der Waals surface area contributed by atoms with Crippen molar-refractivity contribution >= 4 is 15.8 Å². The summed E-state index contributed by atoms with van der Waals surface area (Å²) < 4.78 is 44.5. The summed E-state index contributed by atoms with van der Waals surface area (Å²) in [6.45, 7) is 0. The molecule has 0 saturated carbocycles. The first-order valence-electron chi connectivity index (χ1n) is 11.0. The number of nitrogens with two attached hydrogens (primary N) is 1. The first-order valence-corrected chi connectivity index (χ1v) is 12.5. The Bertz CT molecular complexity index is 1590. The molecule has 0 atom stereocenters. The fraction of sp³-hybridized carbons (Fsp3) is 0.130. The molecule has 4 aromatic rings. The lowest BCUT2D eigenvalue weighted by Crippen LogP contribution is -2.36. The number of hydrogen-bond acceptors (Lipinski definition) is 15. The van der Waals surface area contributed by atoms with Crippen LogP contribution in [0.3, 0.4) is 0 Å². The highest BCUT2D eigenvalue weighted by atomic mass is 32.2. The van der Waals surface area contributed by atoms with Crippen LogP contribution in [0.2, 0.25) is 0 Å². The van der Waals surface area contributed by atoms with Crippen molar-refractivity contribution in [1.29, 1.82) is 0 Å². The highest BCUT2D eigenvalue weighted by molar-refractivity contribution is 7.92. The van der Waals surface area contributed by atoms with Gasteiger partial charge in [0.1, 0.15) is 0 Å². The van der Waals surface area contributed by atoms with Crippen LogP contribution >= 0.6 is 0 Å². The van der Waals surface area contributed by atoms with E-state index < -0.39 is 44.6 Å². The van der Waals surface area contributed by atoms with Crippen molar-refractivity contribution in [1.82, 2.24) is 19.9 Å². The highest BCUT2D eigenvalue weighted by Gasteiger charge is 2.31. The standard InChI is InChI=1S/C23H22N6O10S/c1-37-15-4-2-3-5-16(15)38-18-20(29-40(35,36)17-7-6-14(12-26-17)22(24,30)31)27-19(13-8-10-25-11-9-13)28-21(18)39-23(32,33)34/h2-12,30-34H,24H2,1H3,(H,27,28,29). The molecular weight excluding hydrogens is 552 g/mol. The molecule has 0 saturated heterocycles. The molecule has 0 aliphatic heterocycles. The number of aromatic nitrogens is 4. The zero-order valence-electron chi connectivity index (χ0n) is 20.4. The number of sulfonamides is 1. The molecule has 4 rings (SSSR count). The maximum atomic E-state index is 13.3. The van der Waals surface area contributed by atoms with Gasteiger partial charge in [0.2, 0.25) is 11.7 Å². The summed E-state index contributed by atoms with van der Waals surface area (Å²) in [5.74, 6) is -4.78. The lowest BCUT2D eigenvalue weighted by molar-refractivity contribution is -0.420. The second-order valence-electron chi connectivity index (χ2n) is 7.91. The molecule has 0 bridgehead atoms. The number of aliphatic hydroxyl groups is 5. The third-order valence-electron chi connectivity index (χ3n) is 4.96. The molecule has 16 nitrogen and oxygen atoms in total. The first kappa shape index (κ1) is 28.5. The minimum absolute atomic E-state index is 0.00244. The van der Waals surface area contributed by atoms with E-state index in [0.717, 1.165) is 18.3 Å². The van der Waals surface area contributed by atoms with Gasteiger partial charge in [-0.25, -0.2) is 9.97 Å². The van der Waals surface area contributed by atoms with Crippen LogP contribution in [0.15, 0.2) is 72.1 Å². The highest BCUT2D eigenvalue weighted by Crippen LogP contribution is 2.42. The predicted octanol–water partition coefficient (Wildman–Crippen LogP) is -0.444. The average Bonchev–Trinajstić information content (AvgIpc) is 2.89. The number of para-hydroxylation sites is 2. The summed E-state index contributed by atoms with van der Waals surface area (Å²) in [5, 5.41) is 47.1. The second kappa shape index (κ2) is 10.9. The van der Waals surface area contributed by atoms with Crippen molar-refractivity contribution in [2.45, 2.75) is 17.1 Å². The van der Waals surface area contributed by atoms with Crippen molar-refractivity contribution < 1.29 is 48.2 Å². The minimum Gasteiger partial charge on any atom is -0.493 e. The molecule has 0 radical (unpaired) electrons. The molecule has 8 N–H and O–H groups in total. The Balaban J connectivity index is 1.89. The van der Waals surface area contributed by atoms with Gasteiger partial charge in [0, 0.05) is 29.7 Å². The molecule has 0 spiro atoms. The SMILES string of the molecule is COc1ccccc1Oc1c(NS(=O)(=O)c2ccc(C(N)(O)O)cn2)nc(-c2ccncc2)nc1OC(O)(O)O. The van der Waals surface area contributed by atoms with E-state index in [1.54, 1.807) is 12.1 Å². The molecule has 40 heavy (non-hydrogen) atoms. The van der Waals surface area contributed by atoms with Gasteiger partial charge < -0.3 is 39.7 Å². The number of nitrogens with zero attached hydrogens (tertiary/aromatic N) is 4. The summed E-state index contributed by atoms with van der Waals surface area (Å²) in [5.41, 5.74) is 5.17. The van der Waals surface area contributed by atoms with Crippen LogP contribution < -0.4 is 24.7 Å². The molecule has 0 unspecified atom stereocenters. The van der Waals surface area contributed by atoms with Crippen molar-refractivity contribution in [3.63, 3.8) is 0 Å². The van der Waals surface area contributed by atoms with Gasteiger partial charge in [-0.1, -0.05) is 12.1 Å². The van der Waals surface area contributed by atoms with E-state index in [9.17, 15) is 34.0 Å². The molecule has 17 heteroatoms. The molecule has 0 amide bonds. The molecule has 3 heterocycles. The molecule has 0 aliphatic carbocycles. The number of anilines is 1. The molecule has 210 valence electrons. The molecule has 0 fully saturated rings. The van der Waals surface area contributed by atoms with Crippen LogP contribution in [-0.4, -0.2) is 67.2 Å². The van der Waals surface area contributed by atoms with Gasteiger partial charge in [-0.2, -0.15) is 13.4 Å². The van der Waals surface area contributed by atoms with Crippen LogP contribution in [-0.2, 0) is 15.9 Å². The van der Waals surface area contributed by atoms with Crippen LogP contribution in [0.5, 0.6) is 23.1 Å². The lowest BCUT2D eigenvalue weighted by atomic mass is 10.2. The molecule has 1 aromatic carbocycles. The van der Waals surface area contributed by atoms with Crippen molar-refractivity contribution in [2.75, 3.05) is 11.8 Å². The van der Waals surface area contributed by atoms with E-state index in [4.69, 9.17) is 19.9 Å². The summed E-state index contributed by atoms with van der Waals surface area (Å²) in [7, 11) is -3.24. The second-order valence-corrected chi connectivity index (χ2v) is 9.54. The Morgan fingerprint density at radius 1 is 0.925 bits per heavy atom. The van der Waals surface area contributed by atoms with Gasteiger partial charge in [0.05, 0.1) is 7.11 Å². The van der Waals surface area contributed by atoms with Crippen LogP contribution in [0.25, 0.3) is 11.4 Å². The van der Waals surface area contributed by atoms with Gasteiger partial charge in [0.25, 0.3) is 15.9 Å². The van der Waals surface area contributed by atoms with Gasteiger partial charge in [0.15, 0.2) is 28.2 Å². The Kier molecular flexibility index (Phi) is 7.80. The van der Waals surface area contributed by atoms with Gasteiger partial charge in [-0.05, 0) is 36.4 Å². The number of ether oxygens (including phenoxy) is 3. The minimum atomic E-state index is -4.59. The fourth-order valence-electron chi connectivity index (χ4n) is 3.17. The largest absolute Gasteiger partial charge is 0.493 e. The number of benzene rings is 1. The quantitative estimate of drug-likeness (QED) is 0.118. The smallest absolute Gasteiger partial charge is 0.454 e. The van der Waals surface area contributed by atoms with E-state index in [1.807, 2.05) is 0 Å². The molecular formula is C23H22N6O10S. The summed E-state index contributed by atoms with van der Waals surface area (Å²) in [6, 6.07) is 11.0. The van der Waals surface area contributed by atoms with E-state index in [2.05, 4.69) is 24.7 Å². The normalized spacial score (nSPS) is 12.1. The summed E-state index contributed by atoms with van der Waals surface area (Å²) in [6.07, 6.45) is -0.154. The van der Waals surface area contributed by atoms with Gasteiger partial charge in [-0.3, -0.25) is 15.4 Å². The summed E-state index contributed by atoms with van der Waals surface area (Å²) in [4.78, 5) is 15.8. The topological polar surface area (TPSA) is 253 Å². The third-order valence-corrected chi connectivity index (χ3v) is 6.21.